The topological polar surface area (TPSA) is 58.9 Å². The predicted octanol–water partition coefficient (Wildman–Crippen LogP) is 0.536. The van der Waals surface area contributed by atoms with Gasteiger partial charge in [-0.05, 0) is 11.5 Å². The highest BCUT2D eigenvalue weighted by Gasteiger charge is 2.12. The van der Waals surface area contributed by atoms with Crippen molar-refractivity contribution in [2.45, 2.75) is 6.42 Å². The zero-order valence-electron chi connectivity index (χ0n) is 8.88. The summed E-state index contributed by atoms with van der Waals surface area (Å²) in [5.41, 5.74) is 0. The SMILES string of the molecule is O=C1CC(=O)N=c2c(ccc3ccccc23)=N1. The maximum Gasteiger partial charge on any atom is 0.255 e. The molecule has 0 N–H and O–H groups in total. The number of hydrogen-bond acceptors (Lipinski definition) is 2. The highest BCUT2D eigenvalue weighted by Crippen LogP contribution is 2.07. The van der Waals surface area contributed by atoms with E-state index in [1.54, 1.807) is 6.07 Å². The van der Waals surface area contributed by atoms with Gasteiger partial charge in [0.05, 0.1) is 5.36 Å². The molecule has 1 aliphatic heterocycles. The normalized spacial score (nSPS) is 14.8. The number of hydrogen-bond donors (Lipinski definition) is 0. The van der Waals surface area contributed by atoms with Crippen molar-refractivity contribution < 1.29 is 9.59 Å². The first-order valence-corrected chi connectivity index (χ1v) is 5.25. The molecule has 82 valence electrons. The fraction of sp³-hybridized carbons (Fsp3) is 0.0769. The molecule has 0 saturated carbocycles. The van der Waals surface area contributed by atoms with Gasteiger partial charge in [0, 0.05) is 5.39 Å². The summed E-state index contributed by atoms with van der Waals surface area (Å²) >= 11 is 0. The highest BCUT2D eigenvalue weighted by molar-refractivity contribution is 5.99. The Balaban J connectivity index is 2.56. The lowest BCUT2D eigenvalue weighted by atomic mass is 10.1. The molecule has 0 unspecified atom stereocenters. The highest BCUT2D eigenvalue weighted by atomic mass is 16.2. The van der Waals surface area contributed by atoms with Crippen LogP contribution in [0.3, 0.4) is 0 Å². The lowest BCUT2D eigenvalue weighted by molar-refractivity contribution is -0.125. The summed E-state index contributed by atoms with van der Waals surface area (Å²) in [6.45, 7) is 0. The third-order valence-electron chi connectivity index (χ3n) is 2.66. The van der Waals surface area contributed by atoms with E-state index in [1.807, 2.05) is 30.3 Å². The Morgan fingerprint density at radius 2 is 1.65 bits per heavy atom. The molecule has 0 bridgehead atoms. The summed E-state index contributed by atoms with van der Waals surface area (Å²) in [4.78, 5) is 30.6. The fourth-order valence-corrected chi connectivity index (χ4v) is 1.92. The van der Waals surface area contributed by atoms with E-state index in [4.69, 9.17) is 0 Å². The summed E-state index contributed by atoms with van der Waals surface area (Å²) < 4.78 is 0. The molecule has 2 aromatic carbocycles. The van der Waals surface area contributed by atoms with Crippen molar-refractivity contribution >= 4 is 22.6 Å². The van der Waals surface area contributed by atoms with Gasteiger partial charge in [0.2, 0.25) is 0 Å². The third kappa shape index (κ3) is 1.63. The lowest BCUT2D eigenvalue weighted by Gasteiger charge is -1.96. The van der Waals surface area contributed by atoms with Gasteiger partial charge in [-0.25, -0.2) is 9.98 Å². The van der Waals surface area contributed by atoms with Gasteiger partial charge in [0.25, 0.3) is 11.8 Å². The van der Waals surface area contributed by atoms with E-state index in [0.29, 0.717) is 10.7 Å². The number of fused-ring (bicyclic) bond motifs is 3. The van der Waals surface area contributed by atoms with Crippen LogP contribution in [0.25, 0.3) is 10.8 Å². The molecular weight excluding hydrogens is 216 g/mol. The van der Waals surface area contributed by atoms with Gasteiger partial charge >= 0.3 is 0 Å². The smallest absolute Gasteiger partial charge is 0.255 e. The molecule has 0 saturated heterocycles. The second kappa shape index (κ2) is 3.59. The van der Waals surface area contributed by atoms with Crippen LogP contribution in [0.5, 0.6) is 0 Å². The molecule has 0 aromatic heterocycles. The predicted molar refractivity (Wildman–Crippen MR) is 60.9 cm³/mol. The zero-order valence-corrected chi connectivity index (χ0v) is 8.88. The van der Waals surface area contributed by atoms with E-state index in [1.165, 1.54) is 0 Å². The van der Waals surface area contributed by atoms with Gasteiger partial charge < -0.3 is 0 Å². The minimum Gasteiger partial charge on any atom is -0.272 e. The summed E-state index contributed by atoms with van der Waals surface area (Å²) in [7, 11) is 0. The van der Waals surface area contributed by atoms with Crippen LogP contribution < -0.4 is 10.7 Å². The fourth-order valence-electron chi connectivity index (χ4n) is 1.92. The lowest BCUT2D eigenvalue weighted by Crippen LogP contribution is -2.26. The van der Waals surface area contributed by atoms with Crippen molar-refractivity contribution in [2.24, 2.45) is 9.98 Å². The van der Waals surface area contributed by atoms with Crippen molar-refractivity contribution in [1.29, 1.82) is 0 Å². The Labute approximate surface area is 96.3 Å². The standard InChI is InChI=1S/C13H8N2O2/c16-11-7-12(17)15-13-9-4-2-1-3-8(9)5-6-10(13)14-11/h1-6H,7H2. The molecule has 3 rings (SSSR count). The summed E-state index contributed by atoms with van der Waals surface area (Å²) in [6, 6.07) is 11.2. The molecule has 0 radical (unpaired) electrons. The van der Waals surface area contributed by atoms with Crippen LogP contribution in [-0.2, 0) is 9.59 Å². The summed E-state index contributed by atoms with van der Waals surface area (Å²) in [5.74, 6) is -0.873. The molecule has 4 heteroatoms. The number of rotatable bonds is 0. The van der Waals surface area contributed by atoms with E-state index >= 15 is 0 Å². The molecule has 1 heterocycles. The Hall–Kier alpha value is -2.36. The Bertz CT molecular complexity index is 763. The van der Waals surface area contributed by atoms with Gasteiger partial charge in [0.1, 0.15) is 11.8 Å². The van der Waals surface area contributed by atoms with Crippen LogP contribution in [0.15, 0.2) is 46.4 Å². The first-order valence-electron chi connectivity index (χ1n) is 5.25. The average Bonchev–Trinajstić information content (AvgIpc) is 2.46. The minimum absolute atomic E-state index is 0.247. The van der Waals surface area contributed by atoms with Crippen molar-refractivity contribution in [3.05, 3.63) is 47.1 Å². The first kappa shape index (κ1) is 9.84. The summed E-state index contributed by atoms with van der Waals surface area (Å²) in [6.07, 6.45) is -0.247. The van der Waals surface area contributed by atoms with E-state index < -0.39 is 11.8 Å². The van der Waals surface area contributed by atoms with Gasteiger partial charge in [-0.15, -0.1) is 0 Å². The zero-order chi connectivity index (χ0) is 11.8. The molecule has 1 aliphatic rings. The van der Waals surface area contributed by atoms with E-state index in [2.05, 4.69) is 9.98 Å². The minimum atomic E-state index is -0.437. The van der Waals surface area contributed by atoms with Crippen molar-refractivity contribution in [1.82, 2.24) is 0 Å². The second-order valence-electron chi connectivity index (χ2n) is 3.84. The van der Waals surface area contributed by atoms with Crippen LogP contribution in [0.4, 0.5) is 0 Å². The Kier molecular flexibility index (Phi) is 2.08. The molecular formula is C13H8N2O2. The van der Waals surface area contributed by atoms with Crippen LogP contribution in [0, 0.1) is 0 Å². The molecule has 4 nitrogen and oxygen atoms in total. The van der Waals surface area contributed by atoms with Crippen molar-refractivity contribution in [3.63, 3.8) is 0 Å². The van der Waals surface area contributed by atoms with Gasteiger partial charge in [-0.2, -0.15) is 0 Å². The largest absolute Gasteiger partial charge is 0.272 e. The summed E-state index contributed by atoms with van der Waals surface area (Å²) in [5, 5.41) is 2.79. The van der Waals surface area contributed by atoms with E-state index in [0.717, 1.165) is 10.8 Å². The number of benzene rings is 2. The Morgan fingerprint density at radius 1 is 0.882 bits per heavy atom. The van der Waals surface area contributed by atoms with Gasteiger partial charge in [-0.1, -0.05) is 30.3 Å². The molecule has 0 spiro atoms. The number of amides is 2. The molecule has 2 amide bonds. The van der Waals surface area contributed by atoms with Crippen LogP contribution in [0.2, 0.25) is 0 Å². The van der Waals surface area contributed by atoms with Crippen LogP contribution in [0.1, 0.15) is 6.42 Å². The van der Waals surface area contributed by atoms with Crippen molar-refractivity contribution in [3.8, 4) is 0 Å². The Morgan fingerprint density at radius 3 is 2.53 bits per heavy atom. The van der Waals surface area contributed by atoms with Gasteiger partial charge in [-0.3, -0.25) is 9.59 Å². The van der Waals surface area contributed by atoms with E-state index in [-0.39, 0.29) is 6.42 Å². The van der Waals surface area contributed by atoms with Crippen molar-refractivity contribution in [2.75, 3.05) is 0 Å². The van der Waals surface area contributed by atoms with Gasteiger partial charge in [0.15, 0.2) is 0 Å². The van der Waals surface area contributed by atoms with Crippen LogP contribution in [-0.4, -0.2) is 11.8 Å². The molecule has 17 heavy (non-hydrogen) atoms. The monoisotopic (exact) mass is 224 g/mol. The number of nitrogens with zero attached hydrogens (tertiary/aromatic N) is 2. The maximum atomic E-state index is 11.5. The number of carbonyl (C=O) groups excluding carboxylic acids is 2. The van der Waals surface area contributed by atoms with E-state index in [9.17, 15) is 9.59 Å². The molecule has 2 aromatic rings. The second-order valence-corrected chi connectivity index (χ2v) is 3.84. The third-order valence-corrected chi connectivity index (χ3v) is 2.66. The average molecular weight is 224 g/mol. The molecule has 0 fully saturated rings. The van der Waals surface area contributed by atoms with Crippen LogP contribution >= 0.6 is 0 Å². The molecule has 0 aliphatic carbocycles. The first-order chi connectivity index (χ1) is 8.24. The maximum absolute atomic E-state index is 11.5. The quantitative estimate of drug-likeness (QED) is 0.613. The number of carbonyl (C=O) groups is 2. The molecule has 0 atom stereocenters.